The van der Waals surface area contributed by atoms with E-state index in [2.05, 4.69) is 115 Å². The van der Waals surface area contributed by atoms with Gasteiger partial charge in [-0.25, -0.2) is 14.8 Å². The Morgan fingerprint density at radius 1 is 0.400 bits per heavy atom. The highest BCUT2D eigenvalue weighted by Gasteiger charge is 2.19. The maximum Gasteiger partial charge on any atom is 0.328 e. The number of rotatable bonds is 5. The van der Waals surface area contributed by atoms with Crippen LogP contribution in [0.15, 0.2) is 163 Å². The van der Waals surface area contributed by atoms with Gasteiger partial charge in [-0.05, 0) is 62.0 Å². The monoisotopic (exact) mass is 644 g/mol. The second kappa shape index (κ2) is 11.8. The van der Waals surface area contributed by atoms with Crippen molar-refractivity contribution in [1.82, 2.24) is 19.1 Å². The Labute approximate surface area is 289 Å². The lowest BCUT2D eigenvalue weighted by molar-refractivity contribution is 0.795. The summed E-state index contributed by atoms with van der Waals surface area (Å²) < 4.78 is 3.39. The van der Waals surface area contributed by atoms with E-state index in [9.17, 15) is 4.79 Å². The minimum Gasteiger partial charge on any atom is -0.295 e. The Morgan fingerprint density at radius 2 is 0.880 bits per heavy atom. The molecule has 0 N–H and O–H groups in total. The third-order valence-corrected chi connectivity index (χ3v) is 9.79. The quantitative estimate of drug-likeness (QED) is 0.175. The summed E-state index contributed by atoms with van der Waals surface area (Å²) in [6.45, 7) is 0. The molecule has 9 aromatic rings. The molecule has 9 rings (SSSR count). The Bertz CT molecular complexity index is 2670. The van der Waals surface area contributed by atoms with Gasteiger partial charge < -0.3 is 0 Å². The molecule has 238 valence electrons. The molecule has 0 radical (unpaired) electrons. The van der Waals surface area contributed by atoms with Crippen LogP contribution in [-0.4, -0.2) is 19.1 Å². The average Bonchev–Trinajstić information content (AvgIpc) is 3.40. The molecule has 0 unspecified atom stereocenters. The largest absolute Gasteiger partial charge is 0.328 e. The summed E-state index contributed by atoms with van der Waals surface area (Å²) >= 11 is 0. The molecule has 0 spiro atoms. The highest BCUT2D eigenvalue weighted by molar-refractivity contribution is 6.21. The number of nitrogens with zero attached hydrogens (tertiary/aromatic N) is 4. The summed E-state index contributed by atoms with van der Waals surface area (Å²) in [5, 5.41) is 4.60. The van der Waals surface area contributed by atoms with Crippen molar-refractivity contribution in [1.29, 1.82) is 0 Å². The maximum absolute atomic E-state index is 12.5. The van der Waals surface area contributed by atoms with Crippen molar-refractivity contribution in [3.63, 3.8) is 0 Å². The normalized spacial score (nSPS) is 11.5. The van der Waals surface area contributed by atoms with Gasteiger partial charge in [-0.2, -0.15) is 0 Å². The predicted molar refractivity (Wildman–Crippen MR) is 206 cm³/mol. The molecule has 7 aromatic carbocycles. The summed E-state index contributed by atoms with van der Waals surface area (Å²) in [6, 6.07) is 55.0. The fourth-order valence-electron chi connectivity index (χ4n) is 7.28. The second-order valence-electron chi connectivity index (χ2n) is 12.7. The van der Waals surface area contributed by atoms with Crippen molar-refractivity contribution in [2.45, 2.75) is 0 Å². The fourth-order valence-corrected chi connectivity index (χ4v) is 7.28. The first-order chi connectivity index (χ1) is 24.5. The first-order valence-corrected chi connectivity index (χ1v) is 16.8. The Morgan fingerprint density at radius 3 is 1.50 bits per heavy atom. The number of fused-ring (bicyclic) bond motifs is 3. The molecule has 0 atom stereocenters. The molecule has 0 fully saturated rings. The summed E-state index contributed by atoms with van der Waals surface area (Å²) in [6.07, 6.45) is 0. The third kappa shape index (κ3) is 4.82. The number of imidazole rings is 1. The van der Waals surface area contributed by atoms with Gasteiger partial charge in [0.05, 0.1) is 22.4 Å². The topological polar surface area (TPSA) is 52.7 Å². The van der Waals surface area contributed by atoms with Gasteiger partial charge in [0, 0.05) is 30.8 Å². The van der Waals surface area contributed by atoms with Crippen LogP contribution in [0.1, 0.15) is 0 Å². The Kier molecular flexibility index (Phi) is 6.99. The Hall–Kier alpha value is -6.59. The summed E-state index contributed by atoms with van der Waals surface area (Å²) in [4.78, 5) is 22.9. The van der Waals surface area contributed by atoms with Gasteiger partial charge in [-0.15, -0.1) is 0 Å². The predicted octanol–water partition coefficient (Wildman–Crippen LogP) is 10.3. The Balaban J connectivity index is 1.24. The van der Waals surface area contributed by atoms with Crippen LogP contribution >= 0.6 is 0 Å². The molecule has 0 aliphatic carbocycles. The highest BCUT2D eigenvalue weighted by atomic mass is 16.1. The maximum atomic E-state index is 12.5. The zero-order valence-electron chi connectivity index (χ0n) is 27.7. The standard InChI is InChI=1S/C45H32N4O/c1-48-40-26-25-33(27-41(40)49(2)45(48)50)29-21-23-31(24-22-29)42-34-17-9-11-19-36(34)43(37-20-12-10-18-35(37)42)39-28-38(30-13-5-3-6-14-30)46-44(47-39)32-15-7-4-8-16-32/h3-28H,1-2H3. The molecular formula is C45H32N4O. The van der Waals surface area contributed by atoms with Crippen molar-refractivity contribution in [3.05, 3.63) is 168 Å². The van der Waals surface area contributed by atoms with Gasteiger partial charge in [0.25, 0.3) is 0 Å². The molecule has 50 heavy (non-hydrogen) atoms. The van der Waals surface area contributed by atoms with Gasteiger partial charge in [0.2, 0.25) is 0 Å². The van der Waals surface area contributed by atoms with Gasteiger partial charge >= 0.3 is 5.69 Å². The molecular weight excluding hydrogens is 613 g/mol. The summed E-state index contributed by atoms with van der Waals surface area (Å²) in [5.74, 6) is 0.698. The summed E-state index contributed by atoms with van der Waals surface area (Å²) in [5.41, 5.74) is 11.2. The van der Waals surface area contributed by atoms with Gasteiger partial charge in [-0.3, -0.25) is 9.13 Å². The average molecular weight is 645 g/mol. The van der Waals surface area contributed by atoms with Gasteiger partial charge in [-0.1, -0.05) is 140 Å². The highest BCUT2D eigenvalue weighted by Crippen LogP contribution is 2.44. The van der Waals surface area contributed by atoms with Crippen LogP contribution in [0.2, 0.25) is 0 Å². The van der Waals surface area contributed by atoms with Gasteiger partial charge in [0.1, 0.15) is 0 Å². The molecule has 0 saturated carbocycles. The number of hydrogen-bond acceptors (Lipinski definition) is 3. The van der Waals surface area contributed by atoms with E-state index in [1.54, 1.807) is 9.13 Å². The van der Waals surface area contributed by atoms with Crippen LogP contribution in [0.3, 0.4) is 0 Å². The second-order valence-corrected chi connectivity index (χ2v) is 12.7. The molecule has 2 heterocycles. The zero-order chi connectivity index (χ0) is 33.8. The molecule has 0 amide bonds. The third-order valence-electron chi connectivity index (χ3n) is 9.79. The van der Waals surface area contributed by atoms with Crippen LogP contribution in [0.25, 0.3) is 88.7 Å². The van der Waals surface area contributed by atoms with Crippen LogP contribution in [0, 0.1) is 0 Å². The van der Waals surface area contributed by atoms with Crippen LogP contribution < -0.4 is 5.69 Å². The van der Waals surface area contributed by atoms with Crippen molar-refractivity contribution in [2.75, 3.05) is 0 Å². The van der Waals surface area contributed by atoms with Crippen molar-refractivity contribution < 1.29 is 0 Å². The molecule has 0 bridgehead atoms. The van der Waals surface area contributed by atoms with E-state index in [1.165, 1.54) is 5.56 Å². The lowest BCUT2D eigenvalue weighted by atomic mass is 9.86. The lowest BCUT2D eigenvalue weighted by Crippen LogP contribution is -2.19. The van der Waals surface area contributed by atoms with E-state index < -0.39 is 0 Å². The molecule has 0 aliphatic heterocycles. The first kappa shape index (κ1) is 29.5. The van der Waals surface area contributed by atoms with E-state index >= 15 is 0 Å². The number of benzene rings is 7. The molecule has 5 nitrogen and oxygen atoms in total. The molecule has 5 heteroatoms. The van der Waals surface area contributed by atoms with Crippen molar-refractivity contribution in [3.8, 4) is 56.2 Å². The first-order valence-electron chi connectivity index (χ1n) is 16.8. The van der Waals surface area contributed by atoms with Crippen molar-refractivity contribution in [2.24, 2.45) is 14.1 Å². The molecule has 2 aromatic heterocycles. The minimum absolute atomic E-state index is 0.0238. The number of hydrogen-bond donors (Lipinski definition) is 0. The lowest BCUT2D eigenvalue weighted by Gasteiger charge is -2.18. The molecule has 0 saturated heterocycles. The van der Waals surface area contributed by atoms with Crippen molar-refractivity contribution >= 4 is 32.6 Å². The van der Waals surface area contributed by atoms with E-state index in [4.69, 9.17) is 9.97 Å². The van der Waals surface area contributed by atoms with Crippen LogP contribution in [-0.2, 0) is 14.1 Å². The van der Waals surface area contributed by atoms with E-state index in [1.807, 2.05) is 56.6 Å². The van der Waals surface area contributed by atoms with Crippen LogP contribution in [0.5, 0.6) is 0 Å². The number of aromatic nitrogens is 4. The summed E-state index contributed by atoms with van der Waals surface area (Å²) in [7, 11) is 3.64. The van der Waals surface area contributed by atoms with Crippen LogP contribution in [0.4, 0.5) is 0 Å². The zero-order valence-corrected chi connectivity index (χ0v) is 27.7. The molecule has 0 aliphatic rings. The van der Waals surface area contributed by atoms with E-state index in [0.29, 0.717) is 5.82 Å². The fraction of sp³-hybridized carbons (Fsp3) is 0.0444. The van der Waals surface area contributed by atoms with E-state index in [-0.39, 0.29) is 5.69 Å². The SMILES string of the molecule is Cn1c(=O)n(C)c2cc(-c3ccc(-c4c5ccccc5c(-c5cc(-c6ccccc6)nc(-c6ccccc6)n5)c5ccccc45)cc3)ccc21. The van der Waals surface area contributed by atoms with Gasteiger partial charge in [0.15, 0.2) is 5.82 Å². The number of aryl methyl sites for hydroxylation is 2. The smallest absolute Gasteiger partial charge is 0.295 e. The minimum atomic E-state index is -0.0238. The van der Waals surface area contributed by atoms with E-state index in [0.717, 1.165) is 77.3 Å².